The maximum atomic E-state index is 15.1. The van der Waals surface area contributed by atoms with Gasteiger partial charge in [0.05, 0.1) is 31.6 Å². The van der Waals surface area contributed by atoms with Crippen LogP contribution >= 0.6 is 0 Å². The molecule has 0 fully saturated rings. The lowest BCUT2D eigenvalue weighted by Crippen LogP contribution is -2.40. The van der Waals surface area contributed by atoms with Gasteiger partial charge < -0.3 is 18.9 Å². The molecular formula is C31H26F2N4O7. The average molecular weight is 605 g/mol. The van der Waals surface area contributed by atoms with Gasteiger partial charge in [0.2, 0.25) is 5.75 Å². The fourth-order valence-corrected chi connectivity index (χ4v) is 4.37. The van der Waals surface area contributed by atoms with Crippen LogP contribution in [0.3, 0.4) is 0 Å². The first-order chi connectivity index (χ1) is 21.1. The predicted molar refractivity (Wildman–Crippen MR) is 158 cm³/mol. The van der Waals surface area contributed by atoms with Crippen LogP contribution in [0.2, 0.25) is 0 Å². The van der Waals surface area contributed by atoms with Gasteiger partial charge in [-0.25, -0.2) is 22.9 Å². The van der Waals surface area contributed by atoms with Crippen LogP contribution in [-0.2, 0) is 0 Å². The summed E-state index contributed by atoms with van der Waals surface area (Å²) in [6.07, 6.45) is 1.49. The number of ether oxygens (including phenoxy) is 4. The second-order valence-corrected chi connectivity index (χ2v) is 9.69. The number of carbonyl (C=O) groups excluding carboxylic acids is 1. The topological polar surface area (TPSA) is 123 Å². The van der Waals surface area contributed by atoms with E-state index in [4.69, 9.17) is 18.9 Å². The van der Waals surface area contributed by atoms with Crippen LogP contribution in [0.25, 0.3) is 16.6 Å². The Hall–Kier alpha value is -5.72. The number of rotatable bonds is 8. The molecule has 0 radical (unpaired) electrons. The first-order valence-corrected chi connectivity index (χ1v) is 13.2. The van der Waals surface area contributed by atoms with Gasteiger partial charge >= 0.3 is 17.3 Å². The summed E-state index contributed by atoms with van der Waals surface area (Å²) in [6, 6.07) is 12.8. The van der Waals surface area contributed by atoms with Gasteiger partial charge in [0.25, 0.3) is 0 Å². The van der Waals surface area contributed by atoms with E-state index in [1.165, 1.54) is 49.2 Å². The molecule has 0 saturated heterocycles. The molecule has 5 aromatic rings. The van der Waals surface area contributed by atoms with Crippen LogP contribution in [0.1, 0.15) is 19.9 Å². The van der Waals surface area contributed by atoms with Gasteiger partial charge in [-0.3, -0.25) is 19.7 Å². The fraction of sp³-hybridized carbons (Fsp3) is 0.161. The number of benzene rings is 3. The van der Waals surface area contributed by atoms with E-state index in [1.807, 2.05) is 0 Å². The third kappa shape index (κ3) is 5.93. The number of nitrogens with zero attached hydrogens (tertiary/aromatic N) is 3. The van der Waals surface area contributed by atoms with Crippen LogP contribution in [0.15, 0.2) is 82.6 Å². The number of anilines is 1. The van der Waals surface area contributed by atoms with Gasteiger partial charge in [0.1, 0.15) is 11.6 Å². The molecule has 13 heteroatoms. The van der Waals surface area contributed by atoms with Crippen molar-refractivity contribution in [3.63, 3.8) is 0 Å². The Kier molecular flexibility index (Phi) is 8.29. The number of nitrogens with one attached hydrogen (secondary N) is 1. The Bertz CT molecular complexity index is 1990. The summed E-state index contributed by atoms with van der Waals surface area (Å²) in [5, 5.41) is 2.90. The fourth-order valence-electron chi connectivity index (χ4n) is 4.37. The summed E-state index contributed by atoms with van der Waals surface area (Å²) >= 11 is 0. The quantitative estimate of drug-likeness (QED) is 0.235. The first kappa shape index (κ1) is 29.8. The largest absolute Gasteiger partial charge is 0.493 e. The van der Waals surface area contributed by atoms with Crippen molar-refractivity contribution in [2.45, 2.75) is 19.9 Å². The second kappa shape index (κ2) is 12.3. The Labute approximate surface area is 248 Å². The summed E-state index contributed by atoms with van der Waals surface area (Å²) in [5.41, 5.74) is -1.03. The van der Waals surface area contributed by atoms with Gasteiger partial charge in [0.15, 0.2) is 23.1 Å². The molecule has 0 spiro atoms. The second-order valence-electron chi connectivity index (χ2n) is 9.69. The van der Waals surface area contributed by atoms with E-state index < -0.39 is 40.8 Å². The predicted octanol–water partition coefficient (Wildman–Crippen LogP) is 5.83. The lowest BCUT2D eigenvalue weighted by atomic mass is 10.2. The molecule has 11 nitrogen and oxygen atoms in total. The van der Waals surface area contributed by atoms with Crippen LogP contribution in [-0.4, -0.2) is 34.4 Å². The van der Waals surface area contributed by atoms with E-state index in [-0.39, 0.29) is 17.1 Å². The van der Waals surface area contributed by atoms with E-state index in [1.54, 1.807) is 32.0 Å². The molecule has 1 N–H and O–H groups in total. The molecule has 0 bridgehead atoms. The molecule has 226 valence electrons. The van der Waals surface area contributed by atoms with Crippen LogP contribution in [0.4, 0.5) is 19.3 Å². The lowest BCUT2D eigenvalue weighted by molar-refractivity contribution is 0.213. The minimum absolute atomic E-state index is 0.00174. The third-order valence-electron chi connectivity index (χ3n) is 6.53. The number of methoxy groups -OCH3 is 2. The molecule has 0 unspecified atom stereocenters. The minimum atomic E-state index is -1.11. The van der Waals surface area contributed by atoms with E-state index in [0.717, 1.165) is 29.0 Å². The molecule has 5 rings (SSSR count). The Morgan fingerprint density at radius 2 is 1.57 bits per heavy atom. The third-order valence-corrected chi connectivity index (χ3v) is 6.53. The van der Waals surface area contributed by atoms with Crippen LogP contribution < -0.4 is 35.5 Å². The van der Waals surface area contributed by atoms with Crippen molar-refractivity contribution in [2.75, 3.05) is 19.5 Å². The minimum Gasteiger partial charge on any atom is -0.493 e. The molecule has 0 aliphatic carbocycles. The van der Waals surface area contributed by atoms with Crippen molar-refractivity contribution in [1.29, 1.82) is 0 Å². The highest BCUT2D eigenvalue weighted by Crippen LogP contribution is 2.37. The summed E-state index contributed by atoms with van der Waals surface area (Å²) in [7, 11) is 2.98. The number of amides is 1. The Morgan fingerprint density at radius 3 is 2.23 bits per heavy atom. The maximum absolute atomic E-state index is 15.1. The number of carbonyl (C=O) groups is 1. The number of aromatic nitrogens is 3. The Morgan fingerprint density at radius 1 is 0.864 bits per heavy atom. The van der Waals surface area contributed by atoms with Gasteiger partial charge in [-0.05, 0) is 62.4 Å². The van der Waals surface area contributed by atoms with Crippen molar-refractivity contribution in [1.82, 2.24) is 14.1 Å². The van der Waals surface area contributed by atoms with Crippen molar-refractivity contribution in [3.8, 4) is 34.4 Å². The maximum Gasteiger partial charge on any atom is 0.417 e. The van der Waals surface area contributed by atoms with E-state index in [9.17, 15) is 18.8 Å². The standard InChI is InChI=1S/C31H26F2N4O7/c1-17(2)36-16-28(29(38)37(31(36)40)20-8-5-18(32)6-9-20)44-30(39)35-19-7-10-25(22(33)13-19)43-24-11-12-34-23-15-27(42-4)26(41-3)14-21(23)24/h5-17H,1-4H3,(H,35,39). The number of halogens is 2. The summed E-state index contributed by atoms with van der Waals surface area (Å²) in [4.78, 5) is 43.2. The lowest BCUT2D eigenvalue weighted by Gasteiger charge is -2.16. The summed E-state index contributed by atoms with van der Waals surface area (Å²) < 4.78 is 52.2. The van der Waals surface area contributed by atoms with Crippen molar-refractivity contribution < 1.29 is 32.5 Å². The van der Waals surface area contributed by atoms with Gasteiger partial charge in [-0.2, -0.15) is 0 Å². The molecule has 3 aromatic carbocycles. The zero-order valence-electron chi connectivity index (χ0n) is 24.0. The smallest absolute Gasteiger partial charge is 0.417 e. The van der Waals surface area contributed by atoms with E-state index in [2.05, 4.69) is 10.3 Å². The van der Waals surface area contributed by atoms with Crippen molar-refractivity contribution in [3.05, 3.63) is 106 Å². The molecule has 0 aliphatic heterocycles. The zero-order chi connectivity index (χ0) is 31.5. The molecule has 44 heavy (non-hydrogen) atoms. The normalized spacial score (nSPS) is 11.0. The molecule has 2 heterocycles. The highest BCUT2D eigenvalue weighted by molar-refractivity contribution is 5.88. The first-order valence-electron chi connectivity index (χ1n) is 13.2. The van der Waals surface area contributed by atoms with Crippen molar-refractivity contribution in [2.24, 2.45) is 0 Å². The van der Waals surface area contributed by atoms with Crippen LogP contribution in [0.5, 0.6) is 28.7 Å². The average Bonchev–Trinajstić information content (AvgIpc) is 3.00. The molecular weight excluding hydrogens is 578 g/mol. The van der Waals surface area contributed by atoms with Gasteiger partial charge in [0, 0.05) is 35.4 Å². The van der Waals surface area contributed by atoms with Crippen molar-refractivity contribution >= 4 is 22.7 Å². The highest BCUT2D eigenvalue weighted by atomic mass is 19.1. The number of hydrogen-bond donors (Lipinski definition) is 1. The van der Waals surface area contributed by atoms with Crippen LogP contribution in [0, 0.1) is 11.6 Å². The monoisotopic (exact) mass is 604 g/mol. The summed E-state index contributed by atoms with van der Waals surface area (Å²) in [6.45, 7) is 3.39. The SMILES string of the molecule is COc1cc2nccc(Oc3ccc(NC(=O)Oc4cn(C(C)C)c(=O)n(-c5ccc(F)cc5)c4=O)cc3F)c2cc1OC. The van der Waals surface area contributed by atoms with Gasteiger partial charge in [-0.15, -0.1) is 0 Å². The van der Waals surface area contributed by atoms with E-state index >= 15 is 4.39 Å². The summed E-state index contributed by atoms with van der Waals surface area (Å²) in [5.74, 6) is -0.779. The Balaban J connectivity index is 1.38. The molecule has 0 aliphatic rings. The van der Waals surface area contributed by atoms with Gasteiger partial charge in [-0.1, -0.05) is 0 Å². The number of hydrogen-bond acceptors (Lipinski definition) is 8. The molecule has 2 aromatic heterocycles. The number of pyridine rings is 1. The highest BCUT2D eigenvalue weighted by Gasteiger charge is 2.19. The zero-order valence-corrected chi connectivity index (χ0v) is 24.0. The molecule has 0 atom stereocenters. The number of fused-ring (bicyclic) bond motifs is 1. The molecule has 1 amide bonds. The van der Waals surface area contributed by atoms with E-state index in [0.29, 0.717) is 28.2 Å². The molecule has 0 saturated carbocycles.